The molecule has 0 bridgehead atoms. The highest BCUT2D eigenvalue weighted by Gasteiger charge is 2.60. The molecule has 0 aromatic rings. The van der Waals surface area contributed by atoms with Gasteiger partial charge >= 0.3 is 0 Å². The topological polar surface area (TPSA) is 52.3 Å². The first kappa shape index (κ1) is 16.0. The molecule has 4 nitrogen and oxygen atoms in total. The minimum absolute atomic E-state index is 0.0999. The third-order valence-corrected chi connectivity index (χ3v) is 6.53. The van der Waals surface area contributed by atoms with Crippen LogP contribution in [0.15, 0.2) is 12.3 Å². The standard InChI is InChI=1S/C18H31N2O2/c21-15-8-16-17(9-4-1-2-5-10-17)13-14-19-20(22)18(16)11-6-3-7-12-18/h13-14,16,21H,1-12,15H2,(H,19,22)/q+1. The van der Waals surface area contributed by atoms with Gasteiger partial charge in [-0.1, -0.05) is 38.2 Å². The zero-order chi connectivity index (χ0) is 15.5. The van der Waals surface area contributed by atoms with E-state index in [4.69, 9.17) is 0 Å². The van der Waals surface area contributed by atoms with E-state index in [1.165, 1.54) is 44.9 Å². The minimum Gasteiger partial charge on any atom is -0.396 e. The average molecular weight is 307 g/mol. The van der Waals surface area contributed by atoms with Crippen LogP contribution in [0.2, 0.25) is 0 Å². The van der Waals surface area contributed by atoms with Crippen LogP contribution >= 0.6 is 0 Å². The molecule has 0 radical (unpaired) electrons. The van der Waals surface area contributed by atoms with E-state index in [2.05, 4.69) is 11.5 Å². The summed E-state index contributed by atoms with van der Waals surface area (Å²) in [5.41, 5.74) is 2.78. The van der Waals surface area contributed by atoms with Gasteiger partial charge in [0.25, 0.3) is 0 Å². The van der Waals surface area contributed by atoms with E-state index >= 15 is 0 Å². The molecule has 1 heterocycles. The summed E-state index contributed by atoms with van der Waals surface area (Å²) in [6.45, 7) is 0.190. The molecular formula is C18H31N2O2+. The molecule has 0 aromatic heterocycles. The van der Waals surface area contributed by atoms with E-state index < -0.39 is 0 Å². The summed E-state index contributed by atoms with van der Waals surface area (Å²) >= 11 is 0. The van der Waals surface area contributed by atoms with Gasteiger partial charge in [-0.15, -0.1) is 5.43 Å². The van der Waals surface area contributed by atoms with E-state index in [0.717, 1.165) is 37.0 Å². The van der Waals surface area contributed by atoms with Gasteiger partial charge in [0.15, 0.2) is 0 Å². The summed E-state index contributed by atoms with van der Waals surface area (Å²) in [6.07, 6.45) is 17.9. The number of nitrogens with zero attached hydrogens (tertiary/aromatic N) is 1. The fourth-order valence-electron chi connectivity index (χ4n) is 5.49. The number of aliphatic hydroxyl groups is 1. The summed E-state index contributed by atoms with van der Waals surface area (Å²) < 4.78 is 0. The highest BCUT2D eigenvalue weighted by atomic mass is 16.3. The lowest BCUT2D eigenvalue weighted by molar-refractivity contribution is -0.684. The number of nitroso groups, excluding NO2 is 1. The smallest absolute Gasteiger partial charge is 0.247 e. The maximum atomic E-state index is 12.9. The molecule has 22 heavy (non-hydrogen) atoms. The number of hydrogen-bond donors (Lipinski definition) is 2. The molecule has 3 rings (SSSR count). The molecule has 0 saturated heterocycles. The molecule has 1 unspecified atom stereocenters. The summed E-state index contributed by atoms with van der Waals surface area (Å²) in [7, 11) is 0. The average Bonchev–Trinajstić information content (AvgIpc) is 2.83. The van der Waals surface area contributed by atoms with Gasteiger partial charge < -0.3 is 5.11 Å². The van der Waals surface area contributed by atoms with Crippen LogP contribution in [0.5, 0.6) is 0 Å². The number of hydrazine groups is 1. The van der Waals surface area contributed by atoms with Crippen LogP contribution in [-0.2, 0) is 0 Å². The SMILES string of the molecule is O=[N+]1NC=CC2(CCCCCC2)C(CCO)C12CCCCC2. The van der Waals surface area contributed by atoms with Crippen molar-refractivity contribution in [3.8, 4) is 0 Å². The fraction of sp³-hybridized carbons (Fsp3) is 0.889. The molecule has 4 heteroatoms. The van der Waals surface area contributed by atoms with Gasteiger partial charge in [-0.3, -0.25) is 0 Å². The van der Waals surface area contributed by atoms with Crippen molar-refractivity contribution in [2.45, 2.75) is 82.6 Å². The molecule has 2 aliphatic carbocycles. The zero-order valence-corrected chi connectivity index (χ0v) is 13.7. The summed E-state index contributed by atoms with van der Waals surface area (Å²) in [5, 5.41) is 9.73. The Labute approximate surface area is 133 Å². The van der Waals surface area contributed by atoms with Crippen molar-refractivity contribution in [3.63, 3.8) is 0 Å². The van der Waals surface area contributed by atoms with Crippen molar-refractivity contribution in [3.05, 3.63) is 17.2 Å². The Morgan fingerprint density at radius 3 is 2.23 bits per heavy atom. The van der Waals surface area contributed by atoms with Crippen LogP contribution in [0, 0.1) is 16.2 Å². The molecule has 0 amide bonds. The first-order valence-electron chi connectivity index (χ1n) is 9.26. The Bertz CT molecular complexity index is 419. The molecule has 2 fully saturated rings. The number of rotatable bonds is 2. The van der Waals surface area contributed by atoms with Crippen LogP contribution in [0.4, 0.5) is 0 Å². The van der Waals surface area contributed by atoms with Crippen molar-refractivity contribution < 1.29 is 9.98 Å². The molecule has 124 valence electrons. The van der Waals surface area contributed by atoms with Crippen LogP contribution in [0.1, 0.15) is 77.0 Å². The van der Waals surface area contributed by atoms with Crippen LogP contribution < -0.4 is 5.43 Å². The van der Waals surface area contributed by atoms with E-state index in [9.17, 15) is 10.0 Å². The van der Waals surface area contributed by atoms with E-state index in [0.29, 0.717) is 0 Å². The predicted molar refractivity (Wildman–Crippen MR) is 87.0 cm³/mol. The number of allylic oxidation sites excluding steroid dienone is 1. The fourth-order valence-corrected chi connectivity index (χ4v) is 5.49. The van der Waals surface area contributed by atoms with Crippen LogP contribution in [-0.4, -0.2) is 22.1 Å². The molecule has 0 aromatic carbocycles. The maximum Gasteiger partial charge on any atom is 0.247 e. The Balaban J connectivity index is 2.01. The van der Waals surface area contributed by atoms with Gasteiger partial charge in [0.2, 0.25) is 5.54 Å². The Kier molecular flexibility index (Phi) is 4.86. The lowest BCUT2D eigenvalue weighted by atomic mass is 9.58. The van der Waals surface area contributed by atoms with Gasteiger partial charge in [-0.25, -0.2) is 0 Å². The Hall–Kier alpha value is -0.900. The molecule has 3 aliphatic rings. The van der Waals surface area contributed by atoms with Gasteiger partial charge in [-0.2, -0.15) is 0 Å². The van der Waals surface area contributed by atoms with E-state index in [-0.39, 0.29) is 23.5 Å². The van der Waals surface area contributed by atoms with Gasteiger partial charge in [0, 0.05) is 25.4 Å². The largest absolute Gasteiger partial charge is 0.396 e. The zero-order valence-electron chi connectivity index (χ0n) is 13.7. The van der Waals surface area contributed by atoms with Crippen molar-refractivity contribution in [1.29, 1.82) is 0 Å². The Morgan fingerprint density at radius 2 is 1.59 bits per heavy atom. The molecule has 2 N–H and O–H groups in total. The van der Waals surface area contributed by atoms with E-state index in [1.54, 1.807) is 0 Å². The minimum atomic E-state index is -0.325. The second-order valence-electron chi connectivity index (χ2n) is 7.63. The second kappa shape index (κ2) is 6.69. The number of aliphatic hydroxyl groups excluding tert-OH is 1. The van der Waals surface area contributed by atoms with Crippen molar-refractivity contribution in [2.24, 2.45) is 11.3 Å². The first-order valence-corrected chi connectivity index (χ1v) is 9.26. The third-order valence-electron chi connectivity index (χ3n) is 6.53. The summed E-state index contributed by atoms with van der Waals surface area (Å²) in [5.74, 6) is 0.271. The maximum absolute atomic E-state index is 12.9. The number of hydrogen-bond acceptors (Lipinski definition) is 2. The highest BCUT2D eigenvalue weighted by Crippen LogP contribution is 2.53. The molecule has 1 aliphatic heterocycles. The normalized spacial score (nSPS) is 30.8. The molecule has 2 spiro atoms. The van der Waals surface area contributed by atoms with Gasteiger partial charge in [0.1, 0.15) is 4.87 Å². The predicted octanol–water partition coefficient (Wildman–Crippen LogP) is 3.84. The lowest BCUT2D eigenvalue weighted by Crippen LogP contribution is -2.56. The summed E-state index contributed by atoms with van der Waals surface area (Å²) in [6, 6.07) is 0. The van der Waals surface area contributed by atoms with Crippen LogP contribution in [0.25, 0.3) is 0 Å². The molecule has 1 atom stereocenters. The van der Waals surface area contributed by atoms with Crippen LogP contribution in [0.3, 0.4) is 0 Å². The van der Waals surface area contributed by atoms with Gasteiger partial charge in [0.05, 0.1) is 11.1 Å². The Morgan fingerprint density at radius 1 is 1.00 bits per heavy atom. The second-order valence-corrected chi connectivity index (χ2v) is 7.63. The van der Waals surface area contributed by atoms with E-state index in [1.807, 2.05) is 6.20 Å². The monoisotopic (exact) mass is 307 g/mol. The quantitative estimate of drug-likeness (QED) is 0.762. The third kappa shape index (κ3) is 2.70. The summed E-state index contributed by atoms with van der Waals surface area (Å²) in [4.78, 5) is 14.0. The molecule has 2 saturated carbocycles. The van der Waals surface area contributed by atoms with Crippen molar-refractivity contribution >= 4 is 0 Å². The van der Waals surface area contributed by atoms with Gasteiger partial charge in [-0.05, 0) is 37.5 Å². The first-order chi connectivity index (χ1) is 10.7. The van der Waals surface area contributed by atoms with Crippen molar-refractivity contribution in [2.75, 3.05) is 6.61 Å². The highest BCUT2D eigenvalue weighted by molar-refractivity contribution is 5.10. The number of nitrogens with one attached hydrogen (secondary N) is 1. The lowest BCUT2D eigenvalue weighted by Gasteiger charge is -2.44. The van der Waals surface area contributed by atoms with Crippen molar-refractivity contribution in [1.82, 2.24) is 5.43 Å². The molecular weight excluding hydrogens is 276 g/mol.